The molecule has 0 aromatic carbocycles. The average Bonchev–Trinajstić information content (AvgIpc) is 2.20. The summed E-state index contributed by atoms with van der Waals surface area (Å²) in [5, 5.41) is 10.6. The first-order chi connectivity index (χ1) is 46.3. The number of phosphoric ester groups is 2. The van der Waals surface area contributed by atoms with Crippen LogP contribution in [0.25, 0.3) is 0 Å². The SMILES string of the molecule is CCCCCCCCCCCCCCCCCC(=O)OC[C@H](COP(=O)(O)OC[C@@H](O)COP(=O)(O)OC[C@@H](COC(=O)CCCCCCCCCCC(C)CC)OC(=O)CCCCCCCCCCCCC(C)C)OC(=O)CCCCCCCCCCCCCCCC(C)C. The molecule has 0 spiro atoms. The van der Waals surface area contributed by atoms with Crippen molar-refractivity contribution in [1.29, 1.82) is 0 Å². The minimum Gasteiger partial charge on any atom is -0.462 e. The molecule has 570 valence electrons. The van der Waals surface area contributed by atoms with Crippen LogP contribution in [0.3, 0.4) is 0 Å². The summed E-state index contributed by atoms with van der Waals surface area (Å²) in [6.07, 6.45) is 53.9. The Kier molecular flexibility index (Phi) is 66.2. The van der Waals surface area contributed by atoms with Crippen molar-refractivity contribution in [3.63, 3.8) is 0 Å². The number of carbonyl (C=O) groups excluding carboxylic acids is 4. The van der Waals surface area contributed by atoms with E-state index in [1.54, 1.807) is 0 Å². The lowest BCUT2D eigenvalue weighted by Gasteiger charge is -2.21. The van der Waals surface area contributed by atoms with Gasteiger partial charge < -0.3 is 33.8 Å². The molecule has 0 aliphatic heterocycles. The van der Waals surface area contributed by atoms with E-state index in [1.165, 1.54) is 205 Å². The highest BCUT2D eigenvalue weighted by atomic mass is 31.2. The molecular formula is C77H150O17P2. The van der Waals surface area contributed by atoms with Crippen LogP contribution in [0.2, 0.25) is 0 Å². The van der Waals surface area contributed by atoms with Crippen LogP contribution < -0.4 is 0 Å². The normalized spacial score (nSPS) is 14.3. The first-order valence-corrected chi connectivity index (χ1v) is 42.9. The maximum atomic E-state index is 13.1. The molecular weight excluding hydrogens is 1260 g/mol. The van der Waals surface area contributed by atoms with Gasteiger partial charge in [0, 0.05) is 25.7 Å². The number of aliphatic hydroxyl groups is 1. The Balaban J connectivity index is 5.27. The van der Waals surface area contributed by atoms with Crippen molar-refractivity contribution in [2.75, 3.05) is 39.6 Å². The summed E-state index contributed by atoms with van der Waals surface area (Å²) < 4.78 is 68.6. The molecule has 0 aromatic rings. The number of unbranched alkanes of at least 4 members (excludes halogenated alkanes) is 42. The number of ether oxygens (including phenoxy) is 4. The number of carbonyl (C=O) groups is 4. The third-order valence-corrected chi connectivity index (χ3v) is 20.1. The molecule has 0 saturated heterocycles. The highest BCUT2D eigenvalue weighted by Crippen LogP contribution is 2.45. The van der Waals surface area contributed by atoms with Crippen LogP contribution in [-0.4, -0.2) is 96.7 Å². The molecule has 0 aliphatic rings. The summed E-state index contributed by atoms with van der Waals surface area (Å²) >= 11 is 0. The Labute approximate surface area is 588 Å². The Morgan fingerprint density at radius 3 is 0.792 bits per heavy atom. The van der Waals surface area contributed by atoms with Crippen LogP contribution in [0.5, 0.6) is 0 Å². The number of hydrogen-bond acceptors (Lipinski definition) is 15. The van der Waals surface area contributed by atoms with Crippen LogP contribution >= 0.6 is 15.6 Å². The Morgan fingerprint density at radius 1 is 0.302 bits per heavy atom. The zero-order valence-electron chi connectivity index (χ0n) is 62.8. The summed E-state index contributed by atoms with van der Waals surface area (Å²) in [5.74, 6) is 0.201. The summed E-state index contributed by atoms with van der Waals surface area (Å²) in [4.78, 5) is 72.9. The van der Waals surface area contributed by atoms with Gasteiger partial charge in [0.05, 0.1) is 26.4 Å². The zero-order chi connectivity index (χ0) is 70.9. The van der Waals surface area contributed by atoms with Gasteiger partial charge in [0.2, 0.25) is 0 Å². The molecule has 0 fully saturated rings. The van der Waals surface area contributed by atoms with Gasteiger partial charge >= 0.3 is 39.5 Å². The Hall–Kier alpha value is -1.94. The summed E-state index contributed by atoms with van der Waals surface area (Å²) in [5.41, 5.74) is 0. The highest BCUT2D eigenvalue weighted by Gasteiger charge is 2.30. The first-order valence-electron chi connectivity index (χ1n) is 39.9. The van der Waals surface area contributed by atoms with Crippen LogP contribution in [0.1, 0.15) is 395 Å². The minimum absolute atomic E-state index is 0.105. The molecule has 0 amide bonds. The van der Waals surface area contributed by atoms with Crippen molar-refractivity contribution in [2.24, 2.45) is 17.8 Å². The molecule has 0 rings (SSSR count). The van der Waals surface area contributed by atoms with Gasteiger partial charge in [0.15, 0.2) is 12.2 Å². The van der Waals surface area contributed by atoms with Crippen molar-refractivity contribution in [3.05, 3.63) is 0 Å². The fraction of sp³-hybridized carbons (Fsp3) is 0.948. The second-order valence-electron chi connectivity index (χ2n) is 28.9. The van der Waals surface area contributed by atoms with Crippen molar-refractivity contribution in [2.45, 2.75) is 414 Å². The minimum atomic E-state index is -4.96. The van der Waals surface area contributed by atoms with Gasteiger partial charge in [-0.3, -0.25) is 37.3 Å². The van der Waals surface area contributed by atoms with Gasteiger partial charge in [-0.25, -0.2) is 9.13 Å². The first kappa shape index (κ1) is 94.1. The van der Waals surface area contributed by atoms with E-state index < -0.39 is 97.5 Å². The van der Waals surface area contributed by atoms with Crippen LogP contribution in [-0.2, 0) is 65.4 Å². The van der Waals surface area contributed by atoms with Crippen molar-refractivity contribution < 1.29 is 80.2 Å². The largest absolute Gasteiger partial charge is 0.472 e. The molecule has 96 heavy (non-hydrogen) atoms. The number of rotatable bonds is 75. The lowest BCUT2D eigenvalue weighted by Crippen LogP contribution is -2.30. The zero-order valence-corrected chi connectivity index (χ0v) is 64.6. The quantitative estimate of drug-likeness (QED) is 0.0222. The third-order valence-electron chi connectivity index (χ3n) is 18.2. The molecule has 19 heteroatoms. The van der Waals surface area contributed by atoms with E-state index in [4.69, 9.17) is 37.0 Å². The molecule has 0 saturated carbocycles. The van der Waals surface area contributed by atoms with E-state index in [0.29, 0.717) is 25.7 Å². The van der Waals surface area contributed by atoms with E-state index >= 15 is 0 Å². The van der Waals surface area contributed by atoms with Gasteiger partial charge in [0.1, 0.15) is 19.3 Å². The molecule has 3 unspecified atom stereocenters. The molecule has 0 aromatic heterocycles. The Morgan fingerprint density at radius 2 is 0.531 bits per heavy atom. The van der Waals surface area contributed by atoms with Gasteiger partial charge in [-0.2, -0.15) is 0 Å². The predicted octanol–water partition coefficient (Wildman–Crippen LogP) is 22.6. The maximum Gasteiger partial charge on any atom is 0.472 e. The number of esters is 4. The highest BCUT2D eigenvalue weighted by molar-refractivity contribution is 7.47. The van der Waals surface area contributed by atoms with E-state index in [0.717, 1.165) is 108 Å². The molecule has 0 bridgehead atoms. The number of phosphoric acid groups is 2. The maximum absolute atomic E-state index is 13.1. The fourth-order valence-electron chi connectivity index (χ4n) is 11.7. The molecule has 6 atom stereocenters. The summed E-state index contributed by atoms with van der Waals surface area (Å²) in [6, 6.07) is 0. The van der Waals surface area contributed by atoms with E-state index in [2.05, 4.69) is 48.5 Å². The van der Waals surface area contributed by atoms with Crippen LogP contribution in [0, 0.1) is 17.8 Å². The summed E-state index contributed by atoms with van der Waals surface area (Å²) in [7, 11) is -9.92. The Bertz CT molecular complexity index is 1870. The van der Waals surface area contributed by atoms with Crippen molar-refractivity contribution in [1.82, 2.24) is 0 Å². The van der Waals surface area contributed by atoms with E-state index in [1.807, 2.05) is 0 Å². The van der Waals surface area contributed by atoms with Crippen LogP contribution in [0.15, 0.2) is 0 Å². The van der Waals surface area contributed by atoms with E-state index in [9.17, 15) is 43.2 Å². The monoisotopic (exact) mass is 1410 g/mol. The molecule has 0 radical (unpaired) electrons. The topological polar surface area (TPSA) is 237 Å². The van der Waals surface area contributed by atoms with E-state index in [-0.39, 0.29) is 25.7 Å². The van der Waals surface area contributed by atoms with Crippen molar-refractivity contribution >= 4 is 39.5 Å². The smallest absolute Gasteiger partial charge is 0.462 e. The van der Waals surface area contributed by atoms with Gasteiger partial charge in [0.25, 0.3) is 0 Å². The molecule has 0 heterocycles. The number of aliphatic hydroxyl groups excluding tert-OH is 1. The second-order valence-corrected chi connectivity index (χ2v) is 31.8. The van der Waals surface area contributed by atoms with Crippen LogP contribution in [0.4, 0.5) is 0 Å². The average molecular weight is 1410 g/mol. The number of hydrogen-bond donors (Lipinski definition) is 3. The molecule has 3 N–H and O–H groups in total. The lowest BCUT2D eigenvalue weighted by molar-refractivity contribution is -0.161. The van der Waals surface area contributed by atoms with Crippen molar-refractivity contribution in [3.8, 4) is 0 Å². The second kappa shape index (κ2) is 67.5. The standard InChI is InChI=1S/C77H150O17P2/c1-8-10-11-12-13-14-15-16-17-20-23-29-37-44-51-58-74(79)87-64-72(93-76(81)60-53-46-39-30-24-21-18-19-22-27-34-41-48-55-68(3)4)66-91-95(83,84)89-62-71(78)63-90-96(85,86)92-67-73(65-88-75(80)59-52-45-38-33-32-36-43-50-57-70(7)9-2)94-77(82)61-54-47-40-31-26-25-28-35-42-49-56-69(5)6/h68-73,78H,8-67H2,1-7H3,(H,83,84)(H,85,86)/t70?,71-,72-,73-/m1/s1. The molecule has 17 nitrogen and oxygen atoms in total. The fourth-order valence-corrected chi connectivity index (χ4v) is 13.3. The molecule has 0 aliphatic carbocycles. The van der Waals surface area contributed by atoms with Gasteiger partial charge in [-0.1, -0.05) is 344 Å². The summed E-state index contributed by atoms with van der Waals surface area (Å²) in [6.45, 7) is 11.9. The van der Waals surface area contributed by atoms with Gasteiger partial charge in [-0.15, -0.1) is 0 Å². The predicted molar refractivity (Wildman–Crippen MR) is 391 cm³/mol. The lowest BCUT2D eigenvalue weighted by atomic mass is 9.99. The van der Waals surface area contributed by atoms with Gasteiger partial charge in [-0.05, 0) is 43.4 Å². The third kappa shape index (κ3) is 69.2.